The Kier molecular flexibility index (Phi) is 6.66. The summed E-state index contributed by atoms with van der Waals surface area (Å²) in [6.07, 6.45) is -0.902. The minimum absolute atomic E-state index is 0.0339. The van der Waals surface area contributed by atoms with Crippen LogP contribution in [0.15, 0.2) is 48.7 Å². The molecule has 0 saturated carbocycles. The van der Waals surface area contributed by atoms with Crippen molar-refractivity contribution in [2.75, 3.05) is 6.16 Å². The van der Waals surface area contributed by atoms with Crippen LogP contribution in [0.1, 0.15) is 37.3 Å². The molecule has 3 N–H and O–H groups in total. The number of aliphatic carboxylic acids is 1. The van der Waals surface area contributed by atoms with Gasteiger partial charge in [-0.25, -0.2) is 4.39 Å². The van der Waals surface area contributed by atoms with Crippen molar-refractivity contribution >= 4 is 18.9 Å². The molecule has 3 aromatic rings. The minimum Gasteiger partial charge on any atom is -0.481 e. The maximum Gasteiger partial charge on any atom is 0.305 e. The fourth-order valence-corrected chi connectivity index (χ4v) is 4.65. The highest BCUT2D eigenvalue weighted by molar-refractivity contribution is 7.63. The van der Waals surface area contributed by atoms with Crippen molar-refractivity contribution in [3.63, 3.8) is 0 Å². The number of aliphatic hydroxyl groups excluding tert-OH is 1. The number of nitrogens with zero attached hydrogens (tertiary/aromatic N) is 1. The number of carbonyl (C=O) groups is 1. The van der Waals surface area contributed by atoms with Gasteiger partial charge in [0, 0.05) is 6.20 Å². The van der Waals surface area contributed by atoms with E-state index in [4.69, 9.17) is 5.11 Å². The molecule has 0 aliphatic heterocycles. The van der Waals surface area contributed by atoms with E-state index in [-0.39, 0.29) is 11.7 Å². The van der Waals surface area contributed by atoms with Crippen molar-refractivity contribution in [2.45, 2.75) is 32.3 Å². The van der Waals surface area contributed by atoms with Crippen LogP contribution in [0.5, 0.6) is 0 Å². The van der Waals surface area contributed by atoms with E-state index in [2.05, 4.69) is 11.6 Å². The molecule has 0 fully saturated rings. The predicted molar refractivity (Wildman–Crippen MR) is 117 cm³/mol. The van der Waals surface area contributed by atoms with Crippen molar-refractivity contribution < 1.29 is 28.9 Å². The summed E-state index contributed by atoms with van der Waals surface area (Å²) in [5.41, 5.74) is 6.02. The zero-order valence-corrected chi connectivity index (χ0v) is 18.0. The third-order valence-electron chi connectivity index (χ3n) is 4.80. The molecule has 0 amide bonds. The number of carboxylic acid groups (broad SMARTS) is 1. The second kappa shape index (κ2) is 9.07. The van der Waals surface area contributed by atoms with E-state index in [1.807, 2.05) is 42.6 Å². The number of halogens is 1. The Hall–Kier alpha value is -2.91. The molecule has 0 aliphatic rings. The molecular weight excluding hydrogens is 420 g/mol. The predicted octanol–water partition coefficient (Wildman–Crippen LogP) is 4.28. The standard InChI is InChI=1S/C23H23FNO5P/c1-15(2)22-19(10-12-31(29,30)14-18(26)13-21(27)28)23(16-6-8-17(24)9-7-16)25-11-4-3-5-20(22)25/h3-9,11,15,18,26H,13-14H2,1-2H3,(H,27,28)(H,29,30). The molecule has 2 atom stereocenters. The van der Waals surface area contributed by atoms with Gasteiger partial charge in [0.1, 0.15) is 5.82 Å². The highest BCUT2D eigenvalue weighted by atomic mass is 31.2. The van der Waals surface area contributed by atoms with E-state index in [0.717, 1.165) is 11.1 Å². The van der Waals surface area contributed by atoms with Crippen molar-refractivity contribution in [2.24, 2.45) is 0 Å². The summed E-state index contributed by atoms with van der Waals surface area (Å²) in [6, 6.07) is 11.6. The number of fused-ring (bicyclic) bond motifs is 1. The molecule has 2 heterocycles. The SMILES string of the molecule is CC(C)c1c(C#CP(=O)(O)CC(O)CC(=O)O)c(-c2ccc(F)cc2)n2ccccc12. The average molecular weight is 443 g/mol. The van der Waals surface area contributed by atoms with Crippen LogP contribution in [0, 0.1) is 17.4 Å². The molecule has 1 aromatic carbocycles. The van der Waals surface area contributed by atoms with Gasteiger partial charge < -0.3 is 19.5 Å². The number of aliphatic hydroxyl groups is 1. The molecule has 0 aliphatic carbocycles. The third kappa shape index (κ3) is 5.23. The Morgan fingerprint density at radius 2 is 1.87 bits per heavy atom. The van der Waals surface area contributed by atoms with E-state index < -0.39 is 32.0 Å². The van der Waals surface area contributed by atoms with Crippen LogP contribution in [0.25, 0.3) is 16.8 Å². The lowest BCUT2D eigenvalue weighted by Crippen LogP contribution is -2.17. The van der Waals surface area contributed by atoms with Crippen LogP contribution < -0.4 is 0 Å². The van der Waals surface area contributed by atoms with E-state index in [1.54, 1.807) is 12.1 Å². The van der Waals surface area contributed by atoms with Crippen molar-refractivity contribution in [3.8, 4) is 22.8 Å². The third-order valence-corrected chi connectivity index (χ3v) is 6.18. The normalized spacial score (nSPS) is 14.1. The summed E-state index contributed by atoms with van der Waals surface area (Å²) in [5.74, 6) is 1.22. The zero-order chi connectivity index (χ0) is 22.8. The van der Waals surface area contributed by atoms with Gasteiger partial charge >= 0.3 is 5.97 Å². The molecule has 6 nitrogen and oxygen atoms in total. The van der Waals surface area contributed by atoms with Gasteiger partial charge in [-0.2, -0.15) is 0 Å². The number of pyridine rings is 1. The summed E-state index contributed by atoms with van der Waals surface area (Å²) in [6.45, 7) is 3.97. The Balaban J connectivity index is 2.18. The van der Waals surface area contributed by atoms with E-state index in [0.29, 0.717) is 16.8 Å². The Bertz CT molecular complexity index is 1220. The molecule has 31 heavy (non-hydrogen) atoms. The molecular formula is C23H23FNO5P. The lowest BCUT2D eigenvalue weighted by Gasteiger charge is -2.10. The molecule has 0 bridgehead atoms. The highest BCUT2D eigenvalue weighted by Gasteiger charge is 2.24. The minimum atomic E-state index is -4.13. The lowest BCUT2D eigenvalue weighted by molar-refractivity contribution is -0.138. The molecule has 0 saturated heterocycles. The number of benzene rings is 1. The number of hydrogen-bond donors (Lipinski definition) is 3. The van der Waals surface area contributed by atoms with Crippen LogP contribution in [-0.2, 0) is 9.36 Å². The largest absolute Gasteiger partial charge is 0.481 e. The molecule has 0 radical (unpaired) electrons. The van der Waals surface area contributed by atoms with Gasteiger partial charge in [-0.15, -0.1) is 0 Å². The molecule has 0 spiro atoms. The van der Waals surface area contributed by atoms with Gasteiger partial charge in [-0.1, -0.05) is 25.8 Å². The van der Waals surface area contributed by atoms with E-state index >= 15 is 0 Å². The first-order valence-corrected chi connectivity index (χ1v) is 11.6. The van der Waals surface area contributed by atoms with Crippen molar-refractivity contribution in [3.05, 3.63) is 65.6 Å². The first kappa shape index (κ1) is 22.8. The highest BCUT2D eigenvalue weighted by Crippen LogP contribution is 2.41. The maximum absolute atomic E-state index is 13.5. The van der Waals surface area contributed by atoms with E-state index in [9.17, 15) is 23.7 Å². The Morgan fingerprint density at radius 1 is 1.19 bits per heavy atom. The van der Waals surface area contributed by atoms with Crippen LogP contribution in [0.2, 0.25) is 0 Å². The second-order valence-electron chi connectivity index (χ2n) is 7.63. The number of rotatable bonds is 6. The van der Waals surface area contributed by atoms with Crippen LogP contribution in [-0.4, -0.2) is 37.7 Å². The van der Waals surface area contributed by atoms with Crippen molar-refractivity contribution in [1.82, 2.24) is 4.40 Å². The smallest absolute Gasteiger partial charge is 0.305 e. The van der Waals surface area contributed by atoms with Crippen molar-refractivity contribution in [1.29, 1.82) is 0 Å². The second-order valence-corrected chi connectivity index (χ2v) is 9.62. The quantitative estimate of drug-likeness (QED) is 0.390. The number of hydrogen-bond acceptors (Lipinski definition) is 3. The van der Waals surface area contributed by atoms with Crippen LogP contribution in [0.3, 0.4) is 0 Å². The molecule has 2 unspecified atom stereocenters. The summed E-state index contributed by atoms with van der Waals surface area (Å²) in [7, 11) is -4.13. The zero-order valence-electron chi connectivity index (χ0n) is 17.1. The Morgan fingerprint density at radius 3 is 2.48 bits per heavy atom. The lowest BCUT2D eigenvalue weighted by atomic mass is 9.97. The van der Waals surface area contributed by atoms with Gasteiger partial charge in [0.2, 0.25) is 0 Å². The molecule has 2 aromatic heterocycles. The topological polar surface area (TPSA) is 99.2 Å². The molecule has 3 rings (SSSR count). The Labute approximate surface area is 179 Å². The number of aromatic nitrogens is 1. The summed E-state index contributed by atoms with van der Waals surface area (Å²) >= 11 is 0. The number of carboxylic acids is 1. The van der Waals surface area contributed by atoms with Gasteiger partial charge in [-0.3, -0.25) is 9.36 Å². The summed E-state index contributed by atoms with van der Waals surface area (Å²) in [4.78, 5) is 21.0. The fraction of sp³-hybridized carbons (Fsp3) is 0.261. The molecule has 162 valence electrons. The van der Waals surface area contributed by atoms with Gasteiger partial charge in [-0.05, 0) is 59.1 Å². The fourth-order valence-electron chi connectivity index (χ4n) is 3.58. The van der Waals surface area contributed by atoms with Crippen LogP contribution in [0.4, 0.5) is 4.39 Å². The first-order chi connectivity index (χ1) is 14.6. The van der Waals surface area contributed by atoms with Gasteiger partial charge in [0.05, 0.1) is 35.5 Å². The first-order valence-electron chi connectivity index (χ1n) is 9.73. The monoisotopic (exact) mass is 443 g/mol. The van der Waals surface area contributed by atoms with Gasteiger partial charge in [0.15, 0.2) is 0 Å². The summed E-state index contributed by atoms with van der Waals surface area (Å²) < 4.78 is 27.9. The van der Waals surface area contributed by atoms with Gasteiger partial charge in [0.25, 0.3) is 7.37 Å². The average Bonchev–Trinajstić information content (AvgIpc) is 3.00. The molecule has 8 heteroatoms. The van der Waals surface area contributed by atoms with E-state index in [1.165, 1.54) is 12.1 Å². The maximum atomic E-state index is 13.5. The van der Waals surface area contributed by atoms with Crippen LogP contribution >= 0.6 is 7.37 Å². The summed E-state index contributed by atoms with van der Waals surface area (Å²) in [5, 5.41) is 18.5.